The zero-order valence-corrected chi connectivity index (χ0v) is 13.3. The van der Waals surface area contributed by atoms with Crippen LogP contribution in [0.4, 0.5) is 0 Å². The van der Waals surface area contributed by atoms with Crippen LogP contribution in [-0.4, -0.2) is 13.2 Å². The number of rotatable bonds is 3. The van der Waals surface area contributed by atoms with Crippen molar-refractivity contribution in [1.82, 2.24) is 5.43 Å². The Balaban J connectivity index is 2.02. The molecule has 5 heteroatoms. The van der Waals surface area contributed by atoms with Crippen molar-refractivity contribution < 1.29 is 9.47 Å². The molecule has 110 valence electrons. The van der Waals surface area contributed by atoms with E-state index in [2.05, 4.69) is 40.4 Å². The maximum Gasteiger partial charge on any atom is 0.161 e. The van der Waals surface area contributed by atoms with Crippen LogP contribution in [0.3, 0.4) is 0 Å². The van der Waals surface area contributed by atoms with Crippen molar-refractivity contribution in [1.29, 1.82) is 0 Å². The van der Waals surface area contributed by atoms with Crippen LogP contribution in [-0.2, 0) is 0 Å². The third kappa shape index (κ3) is 2.77. The highest BCUT2D eigenvalue weighted by atomic mass is 79.9. The first-order valence-corrected chi connectivity index (χ1v) is 7.60. The summed E-state index contributed by atoms with van der Waals surface area (Å²) >= 11 is 3.64. The summed E-state index contributed by atoms with van der Waals surface area (Å²) in [5.41, 5.74) is 6.18. The van der Waals surface area contributed by atoms with Gasteiger partial charge >= 0.3 is 0 Å². The minimum Gasteiger partial charge on any atom is -0.486 e. The number of fused-ring (bicyclic) bond motifs is 1. The van der Waals surface area contributed by atoms with Crippen LogP contribution in [0.15, 0.2) is 40.9 Å². The molecule has 1 heterocycles. The van der Waals surface area contributed by atoms with Crippen molar-refractivity contribution in [3.63, 3.8) is 0 Å². The van der Waals surface area contributed by atoms with Crippen LogP contribution in [0.5, 0.6) is 11.5 Å². The van der Waals surface area contributed by atoms with E-state index in [0.717, 1.165) is 27.1 Å². The van der Waals surface area contributed by atoms with Crippen LogP contribution < -0.4 is 20.7 Å². The van der Waals surface area contributed by atoms with E-state index in [1.807, 2.05) is 24.3 Å². The summed E-state index contributed by atoms with van der Waals surface area (Å²) < 4.78 is 12.3. The van der Waals surface area contributed by atoms with Gasteiger partial charge in [0, 0.05) is 4.47 Å². The Morgan fingerprint density at radius 2 is 1.90 bits per heavy atom. The number of hydrazine groups is 1. The number of benzene rings is 2. The molecule has 1 aliphatic heterocycles. The van der Waals surface area contributed by atoms with Gasteiger partial charge in [0.05, 0.1) is 6.04 Å². The topological polar surface area (TPSA) is 56.5 Å². The fourth-order valence-corrected chi connectivity index (χ4v) is 2.99. The zero-order valence-electron chi connectivity index (χ0n) is 11.7. The highest BCUT2D eigenvalue weighted by molar-refractivity contribution is 9.10. The van der Waals surface area contributed by atoms with Gasteiger partial charge < -0.3 is 9.47 Å². The van der Waals surface area contributed by atoms with Gasteiger partial charge in [0.2, 0.25) is 0 Å². The summed E-state index contributed by atoms with van der Waals surface area (Å²) in [4.78, 5) is 0. The molecule has 0 saturated carbocycles. The van der Waals surface area contributed by atoms with Gasteiger partial charge in [-0.2, -0.15) is 0 Å². The van der Waals surface area contributed by atoms with Crippen LogP contribution in [0.1, 0.15) is 22.7 Å². The van der Waals surface area contributed by atoms with E-state index in [1.165, 1.54) is 5.56 Å². The number of aryl methyl sites for hydroxylation is 1. The standard InChI is InChI=1S/C16H17BrN2O2/c1-10-3-2-4-12(15(10)17)16(19-18)11-5-6-13-14(9-11)21-8-7-20-13/h2-6,9,16,19H,7-8,18H2,1H3. The fourth-order valence-electron chi connectivity index (χ4n) is 2.50. The Labute approximate surface area is 132 Å². The minimum atomic E-state index is -0.116. The summed E-state index contributed by atoms with van der Waals surface area (Å²) in [5.74, 6) is 7.34. The third-order valence-electron chi connectivity index (χ3n) is 3.60. The molecule has 3 rings (SSSR count). The van der Waals surface area contributed by atoms with E-state index in [0.29, 0.717) is 13.2 Å². The maximum absolute atomic E-state index is 5.79. The Kier molecular flexibility index (Phi) is 4.14. The summed E-state index contributed by atoms with van der Waals surface area (Å²) in [6, 6.07) is 11.9. The predicted molar refractivity (Wildman–Crippen MR) is 85.5 cm³/mol. The first-order valence-electron chi connectivity index (χ1n) is 6.81. The SMILES string of the molecule is Cc1cccc(C(NN)c2ccc3c(c2)OCCO3)c1Br. The molecule has 0 aromatic heterocycles. The molecule has 0 fully saturated rings. The summed E-state index contributed by atoms with van der Waals surface area (Å²) in [6.07, 6.45) is 0. The lowest BCUT2D eigenvalue weighted by molar-refractivity contribution is 0.171. The molecule has 4 nitrogen and oxygen atoms in total. The molecular weight excluding hydrogens is 332 g/mol. The minimum absolute atomic E-state index is 0.116. The molecule has 0 aliphatic carbocycles. The fraction of sp³-hybridized carbons (Fsp3) is 0.250. The molecule has 1 aliphatic rings. The molecule has 3 N–H and O–H groups in total. The maximum atomic E-state index is 5.79. The van der Waals surface area contributed by atoms with E-state index in [1.54, 1.807) is 0 Å². The Morgan fingerprint density at radius 3 is 2.67 bits per heavy atom. The quantitative estimate of drug-likeness (QED) is 0.661. The van der Waals surface area contributed by atoms with Gasteiger partial charge in [-0.1, -0.05) is 40.2 Å². The third-order valence-corrected chi connectivity index (χ3v) is 4.68. The molecule has 1 atom stereocenters. The molecular formula is C16H17BrN2O2. The largest absolute Gasteiger partial charge is 0.486 e. The molecule has 1 unspecified atom stereocenters. The van der Waals surface area contributed by atoms with E-state index in [9.17, 15) is 0 Å². The van der Waals surface area contributed by atoms with E-state index in [4.69, 9.17) is 15.3 Å². The van der Waals surface area contributed by atoms with Crippen LogP contribution in [0.25, 0.3) is 0 Å². The Hall–Kier alpha value is -1.56. The van der Waals surface area contributed by atoms with Gasteiger partial charge in [0.1, 0.15) is 13.2 Å². The van der Waals surface area contributed by atoms with Crippen LogP contribution >= 0.6 is 15.9 Å². The van der Waals surface area contributed by atoms with Gasteiger partial charge in [0.15, 0.2) is 11.5 Å². The van der Waals surface area contributed by atoms with Gasteiger partial charge in [0.25, 0.3) is 0 Å². The van der Waals surface area contributed by atoms with Gasteiger partial charge in [-0.05, 0) is 35.7 Å². The average molecular weight is 349 g/mol. The van der Waals surface area contributed by atoms with Crippen molar-refractivity contribution >= 4 is 15.9 Å². The second-order valence-electron chi connectivity index (χ2n) is 4.98. The molecule has 0 amide bonds. The highest BCUT2D eigenvalue weighted by Gasteiger charge is 2.19. The average Bonchev–Trinajstić information content (AvgIpc) is 2.52. The van der Waals surface area contributed by atoms with Crippen molar-refractivity contribution in [2.75, 3.05) is 13.2 Å². The molecule has 2 aromatic rings. The number of nitrogens with two attached hydrogens (primary N) is 1. The van der Waals surface area contributed by atoms with E-state index in [-0.39, 0.29) is 6.04 Å². The first-order chi connectivity index (χ1) is 10.2. The number of halogens is 1. The van der Waals surface area contributed by atoms with Crippen LogP contribution in [0.2, 0.25) is 0 Å². The molecule has 0 saturated heterocycles. The Morgan fingerprint density at radius 1 is 1.14 bits per heavy atom. The van der Waals surface area contributed by atoms with Gasteiger partial charge in [-0.15, -0.1) is 0 Å². The van der Waals surface area contributed by atoms with Crippen LogP contribution in [0, 0.1) is 6.92 Å². The summed E-state index contributed by atoms with van der Waals surface area (Å²) in [5, 5.41) is 0. The predicted octanol–water partition coefficient (Wildman–Crippen LogP) is 3.08. The number of nitrogens with one attached hydrogen (secondary N) is 1. The van der Waals surface area contributed by atoms with Crippen molar-refractivity contribution in [2.45, 2.75) is 13.0 Å². The second-order valence-corrected chi connectivity index (χ2v) is 5.77. The lowest BCUT2D eigenvalue weighted by Gasteiger charge is -2.23. The first kappa shape index (κ1) is 14.4. The van der Waals surface area contributed by atoms with E-state index < -0.39 is 0 Å². The lowest BCUT2D eigenvalue weighted by Crippen LogP contribution is -2.29. The molecule has 2 aromatic carbocycles. The van der Waals surface area contributed by atoms with Gasteiger partial charge in [-0.25, -0.2) is 5.43 Å². The lowest BCUT2D eigenvalue weighted by atomic mass is 9.97. The molecule has 0 spiro atoms. The van der Waals surface area contributed by atoms with Crippen molar-refractivity contribution in [3.05, 3.63) is 57.6 Å². The number of hydrogen-bond acceptors (Lipinski definition) is 4. The molecule has 21 heavy (non-hydrogen) atoms. The zero-order chi connectivity index (χ0) is 14.8. The monoisotopic (exact) mass is 348 g/mol. The van der Waals surface area contributed by atoms with Gasteiger partial charge in [-0.3, -0.25) is 5.84 Å². The second kappa shape index (κ2) is 6.05. The molecule has 0 radical (unpaired) electrons. The molecule has 0 bridgehead atoms. The normalized spacial score (nSPS) is 14.8. The smallest absolute Gasteiger partial charge is 0.161 e. The highest BCUT2D eigenvalue weighted by Crippen LogP contribution is 2.36. The van der Waals surface area contributed by atoms with E-state index >= 15 is 0 Å². The van der Waals surface area contributed by atoms with Crippen molar-refractivity contribution in [2.24, 2.45) is 5.84 Å². The number of ether oxygens (including phenoxy) is 2. The number of hydrogen-bond donors (Lipinski definition) is 2. The summed E-state index contributed by atoms with van der Waals surface area (Å²) in [6.45, 7) is 3.23. The van der Waals surface area contributed by atoms with Crippen molar-refractivity contribution in [3.8, 4) is 11.5 Å². The summed E-state index contributed by atoms with van der Waals surface area (Å²) in [7, 11) is 0. The Bertz CT molecular complexity index is 661.